The van der Waals surface area contributed by atoms with Crippen LogP contribution in [0.4, 0.5) is 0 Å². The number of benzene rings is 3. The maximum absolute atomic E-state index is 13.4. The second kappa shape index (κ2) is 7.43. The molecule has 5 aromatic rings. The Morgan fingerprint density at radius 2 is 1.66 bits per heavy atom. The average Bonchev–Trinajstić information content (AvgIpc) is 3.13. The number of hydrogen-bond acceptors (Lipinski definition) is 3. The highest BCUT2D eigenvalue weighted by atomic mass is 35.5. The molecule has 0 bridgehead atoms. The van der Waals surface area contributed by atoms with Gasteiger partial charge in [0.05, 0.1) is 5.69 Å². The van der Waals surface area contributed by atoms with Crippen LogP contribution < -0.4 is 5.56 Å². The molecule has 0 aliphatic carbocycles. The van der Waals surface area contributed by atoms with Crippen molar-refractivity contribution in [2.24, 2.45) is 0 Å². The molecule has 3 aromatic carbocycles. The van der Waals surface area contributed by atoms with Gasteiger partial charge in [-0.1, -0.05) is 71.9 Å². The number of halogens is 1. The topological polar surface area (TPSA) is 50.7 Å². The number of fused-ring (bicyclic) bond motifs is 3. The molecule has 5 rings (SSSR count). The Hall–Kier alpha value is -3.02. The van der Waals surface area contributed by atoms with Crippen LogP contribution in [-0.4, -0.2) is 14.5 Å². The summed E-state index contributed by atoms with van der Waals surface area (Å²) in [6.07, 6.45) is 0. The third-order valence-corrected chi connectivity index (χ3v) is 6.05. The predicted molar refractivity (Wildman–Crippen MR) is 120 cm³/mol. The van der Waals surface area contributed by atoms with Crippen molar-refractivity contribution >= 4 is 45.3 Å². The van der Waals surface area contributed by atoms with Crippen LogP contribution >= 0.6 is 23.4 Å². The van der Waals surface area contributed by atoms with Crippen LogP contribution in [0.2, 0.25) is 5.02 Å². The molecule has 0 unspecified atom stereocenters. The molecular formula is C23H16ClN3OS. The fraction of sp³-hybridized carbons (Fsp3) is 0.0435. The molecule has 0 atom stereocenters. The second-order valence-electron chi connectivity index (χ2n) is 6.68. The van der Waals surface area contributed by atoms with E-state index >= 15 is 0 Å². The van der Waals surface area contributed by atoms with Gasteiger partial charge in [0.25, 0.3) is 5.56 Å². The Balaban J connectivity index is 1.69. The summed E-state index contributed by atoms with van der Waals surface area (Å²) in [5.74, 6) is 0.685. The number of aromatic amines is 1. The van der Waals surface area contributed by atoms with Crippen molar-refractivity contribution in [1.82, 2.24) is 14.5 Å². The van der Waals surface area contributed by atoms with Gasteiger partial charge in [0.15, 0.2) is 5.16 Å². The van der Waals surface area contributed by atoms with Crippen molar-refractivity contribution in [1.29, 1.82) is 0 Å². The van der Waals surface area contributed by atoms with Crippen molar-refractivity contribution in [2.75, 3.05) is 0 Å². The van der Waals surface area contributed by atoms with Crippen molar-refractivity contribution < 1.29 is 0 Å². The number of nitrogens with zero attached hydrogens (tertiary/aromatic N) is 2. The van der Waals surface area contributed by atoms with E-state index in [9.17, 15) is 4.79 Å². The molecule has 0 saturated carbocycles. The maximum atomic E-state index is 13.4. The van der Waals surface area contributed by atoms with E-state index < -0.39 is 0 Å². The molecule has 6 heteroatoms. The summed E-state index contributed by atoms with van der Waals surface area (Å²) in [6.45, 7) is 0. The summed E-state index contributed by atoms with van der Waals surface area (Å²) in [5.41, 5.74) is 3.95. The standard InChI is InChI=1S/C23H16ClN3OS/c24-16-12-10-15(11-13-16)14-29-23-26-20-18-8-4-5-9-19(18)25-21(20)22(28)27(23)17-6-2-1-3-7-17/h1-13,25H,14H2. The number of rotatable bonds is 4. The van der Waals surface area contributed by atoms with Crippen LogP contribution in [0.5, 0.6) is 0 Å². The molecule has 0 aliphatic rings. The van der Waals surface area contributed by atoms with Crippen molar-refractivity contribution in [2.45, 2.75) is 10.9 Å². The lowest BCUT2D eigenvalue weighted by Gasteiger charge is -2.12. The van der Waals surface area contributed by atoms with Crippen molar-refractivity contribution in [3.63, 3.8) is 0 Å². The fourth-order valence-electron chi connectivity index (χ4n) is 3.37. The molecule has 2 heterocycles. The van der Waals surface area contributed by atoms with Crippen LogP contribution in [0.25, 0.3) is 27.6 Å². The number of para-hydroxylation sites is 2. The smallest absolute Gasteiger partial charge is 0.283 e. The minimum Gasteiger partial charge on any atom is -0.349 e. The van der Waals surface area contributed by atoms with Crippen LogP contribution in [-0.2, 0) is 5.75 Å². The van der Waals surface area contributed by atoms with Gasteiger partial charge in [-0.15, -0.1) is 0 Å². The number of nitrogens with one attached hydrogen (secondary N) is 1. The van der Waals surface area contributed by atoms with Gasteiger partial charge < -0.3 is 4.98 Å². The van der Waals surface area contributed by atoms with Crippen molar-refractivity contribution in [3.05, 3.63) is 99.8 Å². The van der Waals surface area contributed by atoms with Gasteiger partial charge in [-0.25, -0.2) is 4.98 Å². The zero-order chi connectivity index (χ0) is 19.8. The summed E-state index contributed by atoms with van der Waals surface area (Å²) in [4.78, 5) is 21.6. The molecule has 0 aliphatic heterocycles. The lowest BCUT2D eigenvalue weighted by atomic mass is 10.2. The van der Waals surface area contributed by atoms with E-state index in [4.69, 9.17) is 16.6 Å². The van der Waals surface area contributed by atoms with Crippen molar-refractivity contribution in [3.8, 4) is 5.69 Å². The van der Waals surface area contributed by atoms with Gasteiger partial charge in [0.1, 0.15) is 11.0 Å². The summed E-state index contributed by atoms with van der Waals surface area (Å²) >= 11 is 7.53. The molecule has 0 amide bonds. The van der Waals surface area contributed by atoms with Crippen LogP contribution in [0.15, 0.2) is 88.8 Å². The first-order valence-electron chi connectivity index (χ1n) is 9.17. The van der Waals surface area contributed by atoms with E-state index in [0.717, 1.165) is 22.2 Å². The molecule has 0 fully saturated rings. The molecule has 2 aromatic heterocycles. The first-order valence-corrected chi connectivity index (χ1v) is 10.5. The Morgan fingerprint density at radius 1 is 0.931 bits per heavy atom. The average molecular weight is 418 g/mol. The zero-order valence-electron chi connectivity index (χ0n) is 15.3. The quantitative estimate of drug-likeness (QED) is 0.296. The SMILES string of the molecule is O=c1c2[nH]c3ccccc3c2nc(SCc2ccc(Cl)cc2)n1-c1ccccc1. The summed E-state index contributed by atoms with van der Waals surface area (Å²) in [5, 5.41) is 2.32. The summed E-state index contributed by atoms with van der Waals surface area (Å²) in [6, 6.07) is 25.2. The van der Waals surface area contributed by atoms with E-state index in [1.165, 1.54) is 11.8 Å². The molecule has 0 spiro atoms. The highest BCUT2D eigenvalue weighted by Gasteiger charge is 2.17. The lowest BCUT2D eigenvalue weighted by Crippen LogP contribution is -2.21. The Bertz CT molecular complexity index is 1370. The van der Waals surface area contributed by atoms with E-state index in [-0.39, 0.29) is 5.56 Å². The van der Waals surface area contributed by atoms with E-state index in [0.29, 0.717) is 27.0 Å². The third-order valence-electron chi connectivity index (χ3n) is 4.79. The first-order chi connectivity index (χ1) is 14.2. The van der Waals surface area contributed by atoms with Gasteiger partial charge in [-0.2, -0.15) is 0 Å². The summed E-state index contributed by atoms with van der Waals surface area (Å²) in [7, 11) is 0. The largest absolute Gasteiger partial charge is 0.349 e. The minimum absolute atomic E-state index is 0.101. The lowest BCUT2D eigenvalue weighted by molar-refractivity contribution is 0.819. The van der Waals surface area contributed by atoms with Gasteiger partial charge >= 0.3 is 0 Å². The van der Waals surface area contributed by atoms with Gasteiger partial charge in [0, 0.05) is 21.7 Å². The van der Waals surface area contributed by atoms with Gasteiger partial charge in [-0.3, -0.25) is 9.36 Å². The number of hydrogen-bond donors (Lipinski definition) is 1. The summed E-state index contributed by atoms with van der Waals surface area (Å²) < 4.78 is 1.68. The Morgan fingerprint density at radius 3 is 2.45 bits per heavy atom. The monoisotopic (exact) mass is 417 g/mol. The van der Waals surface area contributed by atoms with Crippen LogP contribution in [0.1, 0.15) is 5.56 Å². The van der Waals surface area contributed by atoms with E-state index in [2.05, 4.69) is 4.98 Å². The number of aromatic nitrogens is 3. The van der Waals surface area contributed by atoms with E-state index in [1.54, 1.807) is 4.57 Å². The molecule has 4 nitrogen and oxygen atoms in total. The minimum atomic E-state index is -0.101. The zero-order valence-corrected chi connectivity index (χ0v) is 16.9. The van der Waals surface area contributed by atoms with Gasteiger partial charge in [-0.05, 0) is 35.9 Å². The molecular weight excluding hydrogens is 402 g/mol. The molecule has 29 heavy (non-hydrogen) atoms. The Kier molecular flexibility index (Phi) is 4.62. The third kappa shape index (κ3) is 3.33. The molecule has 0 radical (unpaired) electrons. The Labute approximate surface area is 176 Å². The van der Waals surface area contributed by atoms with E-state index in [1.807, 2.05) is 78.9 Å². The van der Waals surface area contributed by atoms with Gasteiger partial charge in [0.2, 0.25) is 0 Å². The van der Waals surface area contributed by atoms with Crippen LogP contribution in [0, 0.1) is 0 Å². The van der Waals surface area contributed by atoms with Crippen LogP contribution in [0.3, 0.4) is 0 Å². The first kappa shape index (κ1) is 18.0. The fourth-order valence-corrected chi connectivity index (χ4v) is 4.46. The second-order valence-corrected chi connectivity index (χ2v) is 8.06. The number of thioether (sulfide) groups is 1. The maximum Gasteiger partial charge on any atom is 0.283 e. The molecule has 142 valence electrons. The molecule has 1 N–H and O–H groups in total. The highest BCUT2D eigenvalue weighted by molar-refractivity contribution is 7.98. The predicted octanol–water partition coefficient (Wildman–Crippen LogP) is 5.81. The normalized spacial score (nSPS) is 11.3. The molecule has 0 saturated heterocycles. The highest BCUT2D eigenvalue weighted by Crippen LogP contribution is 2.28. The number of H-pyrrole nitrogens is 1.